The average molecular weight is 249 g/mol. The van der Waals surface area contributed by atoms with Crippen LogP contribution in [0.15, 0.2) is 18.2 Å². The van der Waals surface area contributed by atoms with Gasteiger partial charge in [0.05, 0.1) is 17.6 Å². The summed E-state index contributed by atoms with van der Waals surface area (Å²) >= 11 is 0. The van der Waals surface area contributed by atoms with Crippen LogP contribution < -0.4 is 5.32 Å². The summed E-state index contributed by atoms with van der Waals surface area (Å²) in [6, 6.07) is 6.18. The third-order valence-corrected chi connectivity index (χ3v) is 2.20. The number of nitro benzene ring substituents is 1. The molecular formula is C12H15N3O3. The van der Waals surface area contributed by atoms with Gasteiger partial charge in [-0.3, -0.25) is 10.1 Å². The van der Waals surface area contributed by atoms with Crippen molar-refractivity contribution in [2.75, 3.05) is 18.5 Å². The number of hydrogen-bond donors (Lipinski definition) is 1. The van der Waals surface area contributed by atoms with E-state index in [-0.39, 0.29) is 17.4 Å². The quantitative estimate of drug-likeness (QED) is 0.474. The van der Waals surface area contributed by atoms with Crippen molar-refractivity contribution in [2.45, 2.75) is 20.0 Å². The number of ether oxygens (including phenoxy) is 1. The van der Waals surface area contributed by atoms with Gasteiger partial charge in [0.2, 0.25) is 0 Å². The molecule has 1 N–H and O–H groups in total. The monoisotopic (exact) mass is 249 g/mol. The van der Waals surface area contributed by atoms with Gasteiger partial charge in [0, 0.05) is 18.3 Å². The standard InChI is InChI=1S/C12H15N3O3/c1-9(2)18-6-5-14-11-3-4-12(15(16)17)10(7-11)8-13/h3-4,7,9,14H,5-6H2,1-2H3. The van der Waals surface area contributed by atoms with E-state index in [1.54, 1.807) is 6.07 Å². The Morgan fingerprint density at radius 3 is 2.83 bits per heavy atom. The van der Waals surface area contributed by atoms with E-state index in [1.165, 1.54) is 12.1 Å². The van der Waals surface area contributed by atoms with Crippen LogP contribution in [0.5, 0.6) is 0 Å². The van der Waals surface area contributed by atoms with Crippen LogP contribution in [-0.2, 0) is 4.74 Å². The highest BCUT2D eigenvalue weighted by atomic mass is 16.6. The van der Waals surface area contributed by atoms with Crippen LogP contribution in [0.2, 0.25) is 0 Å². The molecule has 0 heterocycles. The maximum absolute atomic E-state index is 10.6. The predicted molar refractivity (Wildman–Crippen MR) is 67.4 cm³/mol. The minimum absolute atomic E-state index is 0.0507. The minimum atomic E-state index is -0.565. The SMILES string of the molecule is CC(C)OCCNc1ccc([N+](=O)[O-])c(C#N)c1. The van der Waals surface area contributed by atoms with E-state index in [0.717, 1.165) is 0 Å². The van der Waals surface area contributed by atoms with Crippen molar-refractivity contribution < 1.29 is 9.66 Å². The Kier molecular flexibility index (Phi) is 5.08. The van der Waals surface area contributed by atoms with Crippen LogP contribution in [0.25, 0.3) is 0 Å². The number of nitrogens with zero attached hydrogens (tertiary/aromatic N) is 2. The summed E-state index contributed by atoms with van der Waals surface area (Å²) in [4.78, 5) is 10.1. The van der Waals surface area contributed by atoms with Crippen LogP contribution in [0.3, 0.4) is 0 Å². The molecule has 0 amide bonds. The summed E-state index contributed by atoms with van der Waals surface area (Å²) in [6.07, 6.45) is 0.165. The molecule has 1 aromatic rings. The second kappa shape index (κ2) is 6.57. The Balaban J connectivity index is 2.63. The second-order valence-electron chi connectivity index (χ2n) is 3.95. The lowest BCUT2D eigenvalue weighted by Crippen LogP contribution is -2.13. The van der Waals surface area contributed by atoms with Gasteiger partial charge in [-0.1, -0.05) is 0 Å². The van der Waals surface area contributed by atoms with Crippen LogP contribution in [-0.4, -0.2) is 24.2 Å². The summed E-state index contributed by atoms with van der Waals surface area (Å²) in [6.45, 7) is 5.01. The van der Waals surface area contributed by atoms with E-state index in [4.69, 9.17) is 10.00 Å². The Bertz CT molecular complexity index is 466. The van der Waals surface area contributed by atoms with Crippen molar-refractivity contribution in [3.8, 4) is 6.07 Å². The predicted octanol–water partition coefficient (Wildman–Crippen LogP) is 2.30. The normalized spacial score (nSPS) is 10.1. The number of benzene rings is 1. The molecule has 1 rings (SSSR count). The Hall–Kier alpha value is -2.13. The van der Waals surface area contributed by atoms with Gasteiger partial charge in [0.15, 0.2) is 0 Å². The van der Waals surface area contributed by atoms with Crippen LogP contribution in [0.1, 0.15) is 19.4 Å². The van der Waals surface area contributed by atoms with E-state index in [0.29, 0.717) is 18.8 Å². The van der Waals surface area contributed by atoms with Gasteiger partial charge in [-0.25, -0.2) is 0 Å². The Morgan fingerprint density at radius 1 is 1.56 bits per heavy atom. The highest BCUT2D eigenvalue weighted by Crippen LogP contribution is 2.21. The first kappa shape index (κ1) is 13.9. The van der Waals surface area contributed by atoms with Crippen molar-refractivity contribution >= 4 is 11.4 Å². The van der Waals surface area contributed by atoms with Gasteiger partial charge < -0.3 is 10.1 Å². The molecule has 1 aromatic carbocycles. The molecule has 0 aromatic heterocycles. The number of hydrogen-bond acceptors (Lipinski definition) is 5. The van der Waals surface area contributed by atoms with Crippen LogP contribution in [0.4, 0.5) is 11.4 Å². The van der Waals surface area contributed by atoms with Crippen LogP contribution in [0, 0.1) is 21.4 Å². The fourth-order valence-electron chi connectivity index (χ4n) is 1.38. The molecule has 0 spiro atoms. The highest BCUT2D eigenvalue weighted by Gasteiger charge is 2.13. The van der Waals surface area contributed by atoms with Crippen molar-refractivity contribution in [3.63, 3.8) is 0 Å². The number of anilines is 1. The molecule has 0 unspecified atom stereocenters. The van der Waals surface area contributed by atoms with Gasteiger partial charge in [0.1, 0.15) is 11.6 Å². The zero-order valence-electron chi connectivity index (χ0n) is 10.3. The summed E-state index contributed by atoms with van der Waals surface area (Å²) in [7, 11) is 0. The molecule has 0 fully saturated rings. The molecule has 0 atom stereocenters. The van der Waals surface area contributed by atoms with E-state index >= 15 is 0 Å². The highest BCUT2D eigenvalue weighted by molar-refractivity contribution is 5.58. The van der Waals surface area contributed by atoms with Crippen molar-refractivity contribution in [1.82, 2.24) is 0 Å². The lowest BCUT2D eigenvalue weighted by atomic mass is 10.2. The van der Waals surface area contributed by atoms with Crippen molar-refractivity contribution in [1.29, 1.82) is 5.26 Å². The number of nitro groups is 1. The van der Waals surface area contributed by atoms with Gasteiger partial charge in [-0.05, 0) is 26.0 Å². The van der Waals surface area contributed by atoms with Gasteiger partial charge >= 0.3 is 0 Å². The summed E-state index contributed by atoms with van der Waals surface area (Å²) in [5, 5.41) is 22.5. The zero-order valence-corrected chi connectivity index (χ0v) is 10.3. The first-order valence-electron chi connectivity index (χ1n) is 5.58. The maximum atomic E-state index is 10.6. The molecule has 6 nitrogen and oxygen atoms in total. The molecular weight excluding hydrogens is 234 g/mol. The Labute approximate surface area is 105 Å². The fraction of sp³-hybridized carbons (Fsp3) is 0.417. The lowest BCUT2D eigenvalue weighted by molar-refractivity contribution is -0.385. The smallest absolute Gasteiger partial charge is 0.287 e. The molecule has 18 heavy (non-hydrogen) atoms. The number of nitrogens with one attached hydrogen (secondary N) is 1. The van der Waals surface area contributed by atoms with E-state index < -0.39 is 4.92 Å². The second-order valence-corrected chi connectivity index (χ2v) is 3.95. The molecule has 0 aliphatic rings. The van der Waals surface area contributed by atoms with Crippen molar-refractivity contribution in [3.05, 3.63) is 33.9 Å². The summed E-state index contributed by atoms with van der Waals surface area (Å²) in [5.74, 6) is 0. The molecule has 0 saturated carbocycles. The summed E-state index contributed by atoms with van der Waals surface area (Å²) in [5.41, 5.74) is 0.542. The molecule has 0 aliphatic heterocycles. The molecule has 0 aliphatic carbocycles. The third kappa shape index (κ3) is 4.03. The number of rotatable bonds is 6. The first-order chi connectivity index (χ1) is 8.54. The zero-order chi connectivity index (χ0) is 13.5. The minimum Gasteiger partial charge on any atom is -0.383 e. The Morgan fingerprint density at radius 2 is 2.28 bits per heavy atom. The van der Waals surface area contributed by atoms with Crippen LogP contribution >= 0.6 is 0 Å². The largest absolute Gasteiger partial charge is 0.383 e. The van der Waals surface area contributed by atoms with E-state index in [9.17, 15) is 10.1 Å². The topological polar surface area (TPSA) is 88.2 Å². The van der Waals surface area contributed by atoms with Crippen molar-refractivity contribution in [2.24, 2.45) is 0 Å². The molecule has 0 saturated heterocycles. The lowest BCUT2D eigenvalue weighted by Gasteiger charge is -2.09. The summed E-state index contributed by atoms with van der Waals surface area (Å²) < 4.78 is 5.35. The van der Waals surface area contributed by atoms with Gasteiger partial charge in [-0.15, -0.1) is 0 Å². The fourth-order valence-corrected chi connectivity index (χ4v) is 1.38. The average Bonchev–Trinajstić information content (AvgIpc) is 2.33. The maximum Gasteiger partial charge on any atom is 0.287 e. The molecule has 0 bridgehead atoms. The first-order valence-corrected chi connectivity index (χ1v) is 5.58. The molecule has 96 valence electrons. The molecule has 0 radical (unpaired) electrons. The number of nitriles is 1. The van der Waals surface area contributed by atoms with Gasteiger partial charge in [0.25, 0.3) is 5.69 Å². The third-order valence-electron chi connectivity index (χ3n) is 2.20. The molecule has 6 heteroatoms. The van der Waals surface area contributed by atoms with E-state index in [1.807, 2.05) is 19.9 Å². The van der Waals surface area contributed by atoms with Gasteiger partial charge in [-0.2, -0.15) is 5.26 Å². The van der Waals surface area contributed by atoms with E-state index in [2.05, 4.69) is 5.32 Å².